The van der Waals surface area contributed by atoms with Gasteiger partial charge < -0.3 is 29.8 Å². The van der Waals surface area contributed by atoms with Gasteiger partial charge in [-0.3, -0.25) is 4.99 Å². The Morgan fingerprint density at radius 3 is 2.35 bits per heavy atom. The van der Waals surface area contributed by atoms with Gasteiger partial charge in [0.15, 0.2) is 17.5 Å². The molecule has 1 aromatic heterocycles. The number of hydrogen-bond donors (Lipinski definition) is 3. The smallest absolute Gasteiger partial charge is 0.203 e. The molecule has 0 aliphatic carbocycles. The fourth-order valence-electron chi connectivity index (χ4n) is 3.47. The Morgan fingerprint density at radius 2 is 1.71 bits per heavy atom. The minimum Gasteiger partial charge on any atom is -0.493 e. The second kappa shape index (κ2) is 12.3. The fourth-order valence-corrected chi connectivity index (χ4v) is 3.47. The van der Waals surface area contributed by atoms with E-state index in [1.807, 2.05) is 18.2 Å². The minimum absolute atomic E-state index is 0. The molecule has 0 fully saturated rings. The summed E-state index contributed by atoms with van der Waals surface area (Å²) in [6.45, 7) is 1.41. The van der Waals surface area contributed by atoms with Crippen LogP contribution in [0.2, 0.25) is 0 Å². The van der Waals surface area contributed by atoms with Crippen molar-refractivity contribution in [1.29, 1.82) is 0 Å². The first-order valence-electron chi connectivity index (χ1n) is 9.98. The summed E-state index contributed by atoms with van der Waals surface area (Å²) in [5, 5.41) is 8.00. The molecule has 7 nitrogen and oxygen atoms in total. The number of aromatic nitrogens is 1. The molecule has 2 aromatic carbocycles. The molecule has 0 saturated carbocycles. The highest BCUT2D eigenvalue weighted by molar-refractivity contribution is 14.0. The van der Waals surface area contributed by atoms with Crippen LogP contribution in [0.25, 0.3) is 10.9 Å². The molecule has 0 saturated heterocycles. The lowest BCUT2D eigenvalue weighted by molar-refractivity contribution is 0.323. The molecule has 1 heterocycles. The zero-order chi connectivity index (χ0) is 21.3. The quantitative estimate of drug-likeness (QED) is 0.166. The summed E-state index contributed by atoms with van der Waals surface area (Å²) >= 11 is 0. The van der Waals surface area contributed by atoms with Gasteiger partial charge in [0.25, 0.3) is 0 Å². The molecular formula is C23H31IN4O3. The second-order valence-electron chi connectivity index (χ2n) is 6.85. The Hall–Kier alpha value is -2.62. The molecule has 3 N–H and O–H groups in total. The van der Waals surface area contributed by atoms with E-state index in [4.69, 9.17) is 14.2 Å². The number of methoxy groups -OCH3 is 3. The third kappa shape index (κ3) is 6.19. The fraction of sp³-hybridized carbons (Fsp3) is 0.348. The van der Waals surface area contributed by atoms with Crippen molar-refractivity contribution in [2.75, 3.05) is 34.9 Å². The Bertz CT molecular complexity index is 978. The molecule has 0 amide bonds. The van der Waals surface area contributed by atoms with Gasteiger partial charge in [-0.25, -0.2) is 0 Å². The lowest BCUT2D eigenvalue weighted by Gasteiger charge is -2.16. The Balaban J connectivity index is 0.00000341. The number of aliphatic imine (C=N–C) groups is 1. The predicted molar refractivity (Wildman–Crippen MR) is 136 cm³/mol. The molecular weight excluding hydrogens is 507 g/mol. The van der Waals surface area contributed by atoms with Crippen molar-refractivity contribution in [2.45, 2.75) is 19.4 Å². The van der Waals surface area contributed by atoms with Gasteiger partial charge in [0.1, 0.15) is 0 Å². The average molecular weight is 538 g/mol. The number of ether oxygens (including phenoxy) is 3. The number of guanidine groups is 1. The first-order chi connectivity index (χ1) is 14.7. The van der Waals surface area contributed by atoms with Crippen molar-refractivity contribution >= 4 is 40.8 Å². The van der Waals surface area contributed by atoms with Gasteiger partial charge in [0, 0.05) is 37.2 Å². The first kappa shape index (κ1) is 24.6. The molecule has 0 aliphatic rings. The largest absolute Gasteiger partial charge is 0.493 e. The molecule has 3 rings (SSSR count). The molecule has 168 valence electrons. The van der Waals surface area contributed by atoms with Crippen molar-refractivity contribution in [3.05, 3.63) is 53.7 Å². The number of halogens is 1. The van der Waals surface area contributed by atoms with Crippen molar-refractivity contribution in [1.82, 2.24) is 15.6 Å². The van der Waals surface area contributed by atoms with E-state index in [1.165, 1.54) is 16.5 Å². The summed E-state index contributed by atoms with van der Waals surface area (Å²) in [6, 6.07) is 12.2. The van der Waals surface area contributed by atoms with E-state index in [0.717, 1.165) is 30.9 Å². The maximum absolute atomic E-state index is 5.42. The van der Waals surface area contributed by atoms with E-state index in [1.54, 1.807) is 28.4 Å². The highest BCUT2D eigenvalue weighted by Gasteiger charge is 2.13. The molecule has 3 aromatic rings. The summed E-state index contributed by atoms with van der Waals surface area (Å²) in [6.07, 6.45) is 4.11. The third-order valence-electron chi connectivity index (χ3n) is 5.00. The average Bonchev–Trinajstić information content (AvgIpc) is 3.20. The van der Waals surface area contributed by atoms with E-state index in [0.29, 0.717) is 23.8 Å². The van der Waals surface area contributed by atoms with Crippen LogP contribution >= 0.6 is 24.0 Å². The normalized spacial score (nSPS) is 11.0. The zero-order valence-corrected chi connectivity index (χ0v) is 20.8. The van der Waals surface area contributed by atoms with Crippen LogP contribution in [0.15, 0.2) is 47.6 Å². The lowest BCUT2D eigenvalue weighted by atomic mass is 10.1. The monoisotopic (exact) mass is 538 g/mol. The van der Waals surface area contributed by atoms with Gasteiger partial charge in [0.2, 0.25) is 5.75 Å². The molecule has 31 heavy (non-hydrogen) atoms. The highest BCUT2D eigenvalue weighted by atomic mass is 127. The molecule has 0 radical (unpaired) electrons. The van der Waals surface area contributed by atoms with Crippen molar-refractivity contribution in [2.24, 2.45) is 4.99 Å². The summed E-state index contributed by atoms with van der Waals surface area (Å²) in [5.41, 5.74) is 3.53. The van der Waals surface area contributed by atoms with E-state index in [-0.39, 0.29) is 24.0 Å². The maximum Gasteiger partial charge on any atom is 0.203 e. The van der Waals surface area contributed by atoms with Crippen LogP contribution in [0.5, 0.6) is 17.2 Å². The van der Waals surface area contributed by atoms with Crippen LogP contribution in [0.1, 0.15) is 17.5 Å². The number of aromatic amines is 1. The molecule has 0 aliphatic heterocycles. The van der Waals surface area contributed by atoms with Gasteiger partial charge in [-0.1, -0.05) is 18.2 Å². The van der Waals surface area contributed by atoms with Crippen LogP contribution in [0, 0.1) is 0 Å². The van der Waals surface area contributed by atoms with E-state index in [2.05, 4.69) is 45.0 Å². The van der Waals surface area contributed by atoms with Crippen molar-refractivity contribution in [3.8, 4) is 17.2 Å². The number of nitrogens with one attached hydrogen (secondary N) is 3. The summed E-state index contributed by atoms with van der Waals surface area (Å²) in [7, 11) is 6.59. The standard InChI is InChI=1S/C23H30N4O3.HI/c1-24-23(25-11-7-8-17-15-26-19-10-6-5-9-18(17)19)27-14-16-12-20(28-2)22(30-4)21(13-16)29-3;/h5-6,9-10,12-13,15,26H,7-8,11,14H2,1-4H3,(H2,24,25,27);1H. The van der Waals surface area contributed by atoms with E-state index < -0.39 is 0 Å². The summed E-state index contributed by atoms with van der Waals surface area (Å²) < 4.78 is 16.2. The van der Waals surface area contributed by atoms with Gasteiger partial charge in [-0.05, 0) is 42.2 Å². The number of fused-ring (bicyclic) bond motifs is 1. The van der Waals surface area contributed by atoms with Gasteiger partial charge in [0.05, 0.1) is 21.3 Å². The number of para-hydroxylation sites is 1. The Morgan fingerprint density at radius 1 is 1.00 bits per heavy atom. The Kier molecular flexibility index (Phi) is 9.77. The number of H-pyrrole nitrogens is 1. The van der Waals surface area contributed by atoms with Crippen LogP contribution in [0.3, 0.4) is 0 Å². The van der Waals surface area contributed by atoms with Crippen LogP contribution in [-0.4, -0.2) is 45.9 Å². The van der Waals surface area contributed by atoms with Gasteiger partial charge in [-0.2, -0.15) is 0 Å². The summed E-state index contributed by atoms with van der Waals surface area (Å²) in [4.78, 5) is 7.64. The highest BCUT2D eigenvalue weighted by Crippen LogP contribution is 2.38. The molecule has 0 spiro atoms. The number of aryl methyl sites for hydroxylation is 1. The summed E-state index contributed by atoms with van der Waals surface area (Å²) in [5.74, 6) is 2.61. The van der Waals surface area contributed by atoms with Crippen LogP contribution < -0.4 is 24.8 Å². The molecule has 0 unspecified atom stereocenters. The zero-order valence-electron chi connectivity index (χ0n) is 18.5. The number of benzene rings is 2. The van der Waals surface area contributed by atoms with E-state index >= 15 is 0 Å². The SMILES string of the molecule is CN=C(NCCCc1c[nH]c2ccccc12)NCc1cc(OC)c(OC)c(OC)c1.I. The van der Waals surface area contributed by atoms with Crippen LogP contribution in [-0.2, 0) is 13.0 Å². The number of rotatable bonds is 9. The minimum atomic E-state index is 0. The van der Waals surface area contributed by atoms with Gasteiger partial charge in [-0.15, -0.1) is 24.0 Å². The molecule has 8 heteroatoms. The molecule has 0 atom stereocenters. The van der Waals surface area contributed by atoms with Gasteiger partial charge >= 0.3 is 0 Å². The third-order valence-corrected chi connectivity index (χ3v) is 5.00. The predicted octanol–water partition coefficient (Wildman–Crippen LogP) is 4.11. The Labute approximate surface area is 200 Å². The van der Waals surface area contributed by atoms with Crippen LogP contribution in [0.4, 0.5) is 0 Å². The second-order valence-corrected chi connectivity index (χ2v) is 6.85. The number of hydrogen-bond acceptors (Lipinski definition) is 4. The van der Waals surface area contributed by atoms with Crippen molar-refractivity contribution in [3.63, 3.8) is 0 Å². The molecule has 0 bridgehead atoms. The maximum atomic E-state index is 5.42. The topological polar surface area (TPSA) is 79.9 Å². The van der Waals surface area contributed by atoms with E-state index in [9.17, 15) is 0 Å². The first-order valence-corrected chi connectivity index (χ1v) is 9.98. The number of nitrogens with zero attached hydrogens (tertiary/aromatic N) is 1. The van der Waals surface area contributed by atoms with Crippen molar-refractivity contribution < 1.29 is 14.2 Å². The lowest BCUT2D eigenvalue weighted by Crippen LogP contribution is -2.37.